The largest absolute Gasteiger partial charge is 0.395 e. The van der Waals surface area contributed by atoms with Crippen LogP contribution in [0.4, 0.5) is 0 Å². The Morgan fingerprint density at radius 3 is 2.75 bits per heavy atom. The Morgan fingerprint density at radius 2 is 2.12 bits per heavy atom. The van der Waals surface area contributed by atoms with E-state index in [4.69, 9.17) is 5.11 Å². The SMILES string of the molecule is CC1=NCC=C(N2CCN(CCO)CC2)N1. The van der Waals surface area contributed by atoms with Crippen molar-refractivity contribution in [1.29, 1.82) is 0 Å². The average molecular weight is 224 g/mol. The highest BCUT2D eigenvalue weighted by Crippen LogP contribution is 2.09. The van der Waals surface area contributed by atoms with Crippen LogP contribution in [0.2, 0.25) is 0 Å². The lowest BCUT2D eigenvalue weighted by molar-refractivity contribution is 0.129. The molecule has 0 atom stereocenters. The van der Waals surface area contributed by atoms with Gasteiger partial charge in [0.1, 0.15) is 5.82 Å². The Balaban J connectivity index is 1.83. The summed E-state index contributed by atoms with van der Waals surface area (Å²) in [6.07, 6.45) is 2.13. The van der Waals surface area contributed by atoms with Gasteiger partial charge in [0, 0.05) is 32.7 Å². The lowest BCUT2D eigenvalue weighted by Crippen LogP contribution is -2.49. The summed E-state index contributed by atoms with van der Waals surface area (Å²) >= 11 is 0. The molecule has 0 amide bonds. The van der Waals surface area contributed by atoms with Gasteiger partial charge in [0.05, 0.1) is 19.0 Å². The fourth-order valence-electron chi connectivity index (χ4n) is 2.11. The van der Waals surface area contributed by atoms with Gasteiger partial charge in [0.15, 0.2) is 0 Å². The molecule has 0 spiro atoms. The van der Waals surface area contributed by atoms with E-state index in [2.05, 4.69) is 26.2 Å². The zero-order valence-corrected chi connectivity index (χ0v) is 9.82. The van der Waals surface area contributed by atoms with E-state index in [1.807, 2.05) is 6.92 Å². The maximum atomic E-state index is 8.87. The molecule has 16 heavy (non-hydrogen) atoms. The molecule has 2 heterocycles. The highest BCUT2D eigenvalue weighted by Gasteiger charge is 2.19. The van der Waals surface area contributed by atoms with E-state index in [0.29, 0.717) is 0 Å². The predicted octanol–water partition coefficient (Wildman–Crippen LogP) is -0.541. The van der Waals surface area contributed by atoms with Gasteiger partial charge in [0.25, 0.3) is 0 Å². The molecule has 0 unspecified atom stereocenters. The Kier molecular flexibility index (Phi) is 3.79. The van der Waals surface area contributed by atoms with Crippen LogP contribution in [-0.2, 0) is 0 Å². The summed E-state index contributed by atoms with van der Waals surface area (Å²) in [6.45, 7) is 7.91. The summed E-state index contributed by atoms with van der Waals surface area (Å²) in [5, 5.41) is 12.2. The molecule has 0 bridgehead atoms. The second-order valence-electron chi connectivity index (χ2n) is 4.19. The Hall–Kier alpha value is -1.07. The van der Waals surface area contributed by atoms with Gasteiger partial charge in [-0.05, 0) is 13.0 Å². The van der Waals surface area contributed by atoms with Gasteiger partial charge in [-0.15, -0.1) is 0 Å². The smallest absolute Gasteiger partial charge is 0.104 e. The number of piperazine rings is 1. The van der Waals surface area contributed by atoms with E-state index in [1.54, 1.807) is 0 Å². The number of hydrogen-bond acceptors (Lipinski definition) is 5. The Morgan fingerprint density at radius 1 is 1.38 bits per heavy atom. The summed E-state index contributed by atoms with van der Waals surface area (Å²) < 4.78 is 0. The summed E-state index contributed by atoms with van der Waals surface area (Å²) in [4.78, 5) is 8.92. The van der Waals surface area contributed by atoms with Crippen LogP contribution in [0.15, 0.2) is 16.9 Å². The van der Waals surface area contributed by atoms with Crippen molar-refractivity contribution in [3.8, 4) is 0 Å². The van der Waals surface area contributed by atoms with E-state index in [-0.39, 0.29) is 6.61 Å². The standard InChI is InChI=1S/C11H20N4O/c1-10-12-3-2-11(13-10)15-6-4-14(5-7-15)8-9-16/h2,16H,3-9H2,1H3,(H,12,13). The van der Waals surface area contributed by atoms with E-state index in [1.165, 1.54) is 5.82 Å². The molecule has 0 aliphatic carbocycles. The van der Waals surface area contributed by atoms with Crippen LogP contribution in [0.3, 0.4) is 0 Å². The van der Waals surface area contributed by atoms with Crippen LogP contribution < -0.4 is 5.32 Å². The number of β-amino-alcohol motifs (C(OH)–C–C–N with tert-alkyl or cyclic N) is 1. The number of nitrogens with zero attached hydrogens (tertiary/aromatic N) is 3. The fraction of sp³-hybridized carbons (Fsp3) is 0.727. The van der Waals surface area contributed by atoms with E-state index < -0.39 is 0 Å². The molecule has 0 aromatic rings. The second-order valence-corrected chi connectivity index (χ2v) is 4.19. The van der Waals surface area contributed by atoms with Gasteiger partial charge in [-0.25, -0.2) is 0 Å². The Bertz CT molecular complexity index is 292. The van der Waals surface area contributed by atoms with Crippen LogP contribution in [0.1, 0.15) is 6.92 Å². The van der Waals surface area contributed by atoms with Crippen molar-refractivity contribution < 1.29 is 5.11 Å². The normalized spacial score (nSPS) is 22.5. The molecule has 1 fully saturated rings. The predicted molar refractivity (Wildman–Crippen MR) is 64.3 cm³/mol. The van der Waals surface area contributed by atoms with E-state index in [0.717, 1.165) is 45.1 Å². The first-order valence-corrected chi connectivity index (χ1v) is 5.86. The third-order valence-electron chi connectivity index (χ3n) is 3.05. The molecule has 0 aromatic heterocycles. The summed E-state index contributed by atoms with van der Waals surface area (Å²) in [5.74, 6) is 2.19. The second kappa shape index (κ2) is 5.32. The number of aliphatic hydroxyl groups is 1. The molecule has 2 aliphatic rings. The molecular weight excluding hydrogens is 204 g/mol. The third kappa shape index (κ3) is 2.74. The average Bonchev–Trinajstić information content (AvgIpc) is 2.30. The van der Waals surface area contributed by atoms with Gasteiger partial charge in [0.2, 0.25) is 0 Å². The molecule has 5 nitrogen and oxygen atoms in total. The van der Waals surface area contributed by atoms with Crippen molar-refractivity contribution in [1.82, 2.24) is 15.1 Å². The summed E-state index contributed by atoms with van der Waals surface area (Å²) in [6, 6.07) is 0. The summed E-state index contributed by atoms with van der Waals surface area (Å²) in [5.41, 5.74) is 0. The van der Waals surface area contributed by atoms with Crippen LogP contribution in [0.5, 0.6) is 0 Å². The van der Waals surface area contributed by atoms with Crippen molar-refractivity contribution in [2.24, 2.45) is 4.99 Å². The molecule has 90 valence electrons. The van der Waals surface area contributed by atoms with E-state index >= 15 is 0 Å². The number of amidine groups is 1. The molecule has 5 heteroatoms. The maximum Gasteiger partial charge on any atom is 0.104 e. The van der Waals surface area contributed by atoms with Crippen molar-refractivity contribution in [2.75, 3.05) is 45.9 Å². The highest BCUT2D eigenvalue weighted by atomic mass is 16.3. The number of rotatable bonds is 3. The van der Waals surface area contributed by atoms with Crippen molar-refractivity contribution in [2.45, 2.75) is 6.92 Å². The molecule has 0 saturated carbocycles. The summed E-state index contributed by atoms with van der Waals surface area (Å²) in [7, 11) is 0. The lowest BCUT2D eigenvalue weighted by Gasteiger charge is -2.37. The van der Waals surface area contributed by atoms with Crippen molar-refractivity contribution in [3.63, 3.8) is 0 Å². The molecule has 2 rings (SSSR count). The van der Waals surface area contributed by atoms with Gasteiger partial charge in [-0.3, -0.25) is 9.89 Å². The highest BCUT2D eigenvalue weighted by molar-refractivity contribution is 5.82. The third-order valence-corrected chi connectivity index (χ3v) is 3.05. The molecule has 2 N–H and O–H groups in total. The van der Waals surface area contributed by atoms with Gasteiger partial charge in [-0.2, -0.15) is 0 Å². The fourth-order valence-corrected chi connectivity index (χ4v) is 2.11. The van der Waals surface area contributed by atoms with Gasteiger partial charge < -0.3 is 15.3 Å². The monoisotopic (exact) mass is 224 g/mol. The first-order chi connectivity index (χ1) is 7.79. The van der Waals surface area contributed by atoms with Crippen LogP contribution in [0.25, 0.3) is 0 Å². The van der Waals surface area contributed by atoms with Crippen molar-refractivity contribution in [3.05, 3.63) is 11.9 Å². The van der Waals surface area contributed by atoms with Crippen LogP contribution in [-0.4, -0.2) is 66.6 Å². The molecule has 2 aliphatic heterocycles. The maximum absolute atomic E-state index is 8.87. The zero-order chi connectivity index (χ0) is 11.4. The molecular formula is C11H20N4O. The van der Waals surface area contributed by atoms with Crippen molar-refractivity contribution >= 4 is 5.84 Å². The lowest BCUT2D eigenvalue weighted by atomic mass is 10.3. The molecule has 0 aromatic carbocycles. The number of nitrogens with one attached hydrogen (secondary N) is 1. The molecule has 1 saturated heterocycles. The topological polar surface area (TPSA) is 51.1 Å². The van der Waals surface area contributed by atoms with Gasteiger partial charge in [-0.1, -0.05) is 0 Å². The minimum absolute atomic E-state index is 0.257. The minimum Gasteiger partial charge on any atom is -0.395 e. The first kappa shape index (κ1) is 11.4. The van der Waals surface area contributed by atoms with Crippen LogP contribution in [0, 0.1) is 0 Å². The molecule has 0 radical (unpaired) electrons. The number of aliphatic hydroxyl groups excluding tert-OH is 1. The quantitative estimate of drug-likeness (QED) is 0.676. The zero-order valence-electron chi connectivity index (χ0n) is 9.82. The first-order valence-electron chi connectivity index (χ1n) is 5.86. The number of hydrogen-bond donors (Lipinski definition) is 2. The van der Waals surface area contributed by atoms with E-state index in [9.17, 15) is 0 Å². The van der Waals surface area contributed by atoms with Gasteiger partial charge >= 0.3 is 0 Å². The Labute approximate surface area is 96.4 Å². The number of aliphatic imine (C=N–C) groups is 1. The minimum atomic E-state index is 0.257. The van der Waals surface area contributed by atoms with Crippen LogP contribution >= 0.6 is 0 Å².